The lowest BCUT2D eigenvalue weighted by Gasteiger charge is -2.02. The second kappa shape index (κ2) is 7.90. The van der Waals surface area contributed by atoms with Crippen LogP contribution in [0.5, 0.6) is 0 Å². The monoisotopic (exact) mass is 296 g/mol. The summed E-state index contributed by atoms with van der Waals surface area (Å²) < 4.78 is 4.70. The summed E-state index contributed by atoms with van der Waals surface area (Å²) in [6, 6.07) is 16.0. The number of esters is 1. The van der Waals surface area contributed by atoms with Crippen LogP contribution in [0, 0.1) is 0 Å². The molecule has 0 saturated heterocycles. The average molecular weight is 296 g/mol. The number of hydrogen-bond donors (Lipinski definition) is 1. The Morgan fingerprint density at radius 2 is 1.59 bits per heavy atom. The Balaban J connectivity index is 2.03. The highest BCUT2D eigenvalue weighted by molar-refractivity contribution is 6.09. The smallest absolute Gasteiger partial charge is 0.330 e. The lowest BCUT2D eigenvalue weighted by atomic mass is 10.0. The standard InChI is InChI=1S/C18H16O4/c19-12-13-22-17(20)11-8-14-6-9-16(10-7-14)18(21)15-4-2-1-3-5-15/h1-11,19H,12-13H2/b11-8+. The lowest BCUT2D eigenvalue weighted by molar-refractivity contribution is -0.138. The number of ketones is 1. The summed E-state index contributed by atoms with van der Waals surface area (Å²) in [6.07, 6.45) is 2.88. The van der Waals surface area contributed by atoms with Gasteiger partial charge < -0.3 is 9.84 Å². The topological polar surface area (TPSA) is 63.6 Å². The van der Waals surface area contributed by atoms with Gasteiger partial charge in [0.2, 0.25) is 0 Å². The molecule has 0 aromatic heterocycles. The largest absolute Gasteiger partial charge is 0.460 e. The van der Waals surface area contributed by atoms with Crippen molar-refractivity contribution < 1.29 is 19.4 Å². The lowest BCUT2D eigenvalue weighted by Crippen LogP contribution is -2.05. The Bertz CT molecular complexity index is 657. The average Bonchev–Trinajstić information content (AvgIpc) is 2.58. The molecule has 0 radical (unpaired) electrons. The van der Waals surface area contributed by atoms with Gasteiger partial charge in [0, 0.05) is 17.2 Å². The first-order valence-electron chi connectivity index (χ1n) is 6.86. The third-order valence-electron chi connectivity index (χ3n) is 2.96. The Labute approximate surface area is 128 Å². The molecule has 0 heterocycles. The van der Waals surface area contributed by atoms with Gasteiger partial charge in [0.1, 0.15) is 6.61 Å². The fourth-order valence-electron chi connectivity index (χ4n) is 1.86. The molecule has 2 rings (SSSR count). The maximum Gasteiger partial charge on any atom is 0.330 e. The van der Waals surface area contributed by atoms with Gasteiger partial charge in [-0.3, -0.25) is 4.79 Å². The van der Waals surface area contributed by atoms with Gasteiger partial charge in [-0.2, -0.15) is 0 Å². The number of aliphatic hydroxyl groups excluding tert-OH is 1. The number of carbonyl (C=O) groups excluding carboxylic acids is 2. The summed E-state index contributed by atoms with van der Waals surface area (Å²) in [7, 11) is 0. The van der Waals surface area contributed by atoms with E-state index in [0.717, 1.165) is 5.56 Å². The SMILES string of the molecule is O=C(/C=C/c1ccc(C(=O)c2ccccc2)cc1)OCCO. The maximum absolute atomic E-state index is 12.2. The van der Waals surface area contributed by atoms with Crippen LogP contribution in [0.25, 0.3) is 6.08 Å². The molecule has 2 aromatic carbocycles. The van der Waals surface area contributed by atoms with E-state index in [2.05, 4.69) is 0 Å². The first-order valence-corrected chi connectivity index (χ1v) is 6.86. The van der Waals surface area contributed by atoms with Crippen molar-refractivity contribution >= 4 is 17.8 Å². The predicted octanol–water partition coefficient (Wildman–Crippen LogP) is 2.47. The van der Waals surface area contributed by atoms with Crippen LogP contribution in [-0.2, 0) is 9.53 Å². The number of rotatable bonds is 6. The summed E-state index contributed by atoms with van der Waals surface area (Å²) in [5.74, 6) is -0.558. The van der Waals surface area contributed by atoms with Gasteiger partial charge in [-0.25, -0.2) is 4.79 Å². The predicted molar refractivity (Wildman–Crippen MR) is 83.4 cm³/mol. The Hall–Kier alpha value is -2.72. The number of aliphatic hydroxyl groups is 1. The van der Waals surface area contributed by atoms with E-state index in [0.29, 0.717) is 11.1 Å². The van der Waals surface area contributed by atoms with Crippen LogP contribution in [0.3, 0.4) is 0 Å². The van der Waals surface area contributed by atoms with Crippen LogP contribution in [-0.4, -0.2) is 30.1 Å². The molecule has 0 saturated carbocycles. The van der Waals surface area contributed by atoms with Gasteiger partial charge in [-0.05, 0) is 11.6 Å². The molecule has 0 amide bonds. The van der Waals surface area contributed by atoms with E-state index in [1.807, 2.05) is 18.2 Å². The van der Waals surface area contributed by atoms with E-state index in [9.17, 15) is 9.59 Å². The second-order valence-corrected chi connectivity index (χ2v) is 4.54. The van der Waals surface area contributed by atoms with Gasteiger partial charge in [0.05, 0.1) is 6.61 Å². The molecule has 4 nitrogen and oxygen atoms in total. The van der Waals surface area contributed by atoms with Crippen LogP contribution in [0.4, 0.5) is 0 Å². The highest BCUT2D eigenvalue weighted by atomic mass is 16.5. The van der Waals surface area contributed by atoms with Crippen LogP contribution in [0.2, 0.25) is 0 Å². The molecule has 0 aliphatic heterocycles. The molecule has 0 aliphatic rings. The van der Waals surface area contributed by atoms with Crippen LogP contribution in [0.1, 0.15) is 21.5 Å². The number of benzene rings is 2. The first kappa shape index (κ1) is 15.7. The van der Waals surface area contributed by atoms with Gasteiger partial charge in [-0.15, -0.1) is 0 Å². The molecule has 2 aromatic rings. The Morgan fingerprint density at radius 3 is 2.23 bits per heavy atom. The van der Waals surface area contributed by atoms with Crippen LogP contribution >= 0.6 is 0 Å². The van der Waals surface area contributed by atoms with E-state index >= 15 is 0 Å². The molecule has 112 valence electrons. The number of ether oxygens (including phenoxy) is 1. The summed E-state index contributed by atoms with van der Waals surface area (Å²) in [5.41, 5.74) is 2.01. The Kier molecular flexibility index (Phi) is 5.63. The zero-order chi connectivity index (χ0) is 15.8. The van der Waals surface area contributed by atoms with Crippen molar-refractivity contribution in [3.63, 3.8) is 0 Å². The molecule has 1 N–H and O–H groups in total. The van der Waals surface area contributed by atoms with Crippen molar-refractivity contribution in [1.82, 2.24) is 0 Å². The molecule has 0 aliphatic carbocycles. The zero-order valence-electron chi connectivity index (χ0n) is 11.9. The number of carbonyl (C=O) groups is 2. The van der Waals surface area contributed by atoms with Crippen molar-refractivity contribution in [1.29, 1.82) is 0 Å². The van der Waals surface area contributed by atoms with Crippen molar-refractivity contribution in [2.75, 3.05) is 13.2 Å². The fraction of sp³-hybridized carbons (Fsp3) is 0.111. The molecule has 0 fully saturated rings. The summed E-state index contributed by atoms with van der Waals surface area (Å²) in [5, 5.41) is 8.54. The van der Waals surface area contributed by atoms with Gasteiger partial charge in [0.25, 0.3) is 0 Å². The third-order valence-corrected chi connectivity index (χ3v) is 2.96. The molecular formula is C18H16O4. The number of hydrogen-bond acceptors (Lipinski definition) is 4. The highest BCUT2D eigenvalue weighted by Crippen LogP contribution is 2.12. The van der Waals surface area contributed by atoms with Crippen molar-refractivity contribution in [3.05, 3.63) is 77.4 Å². The molecule has 0 atom stereocenters. The fourth-order valence-corrected chi connectivity index (χ4v) is 1.86. The third kappa shape index (κ3) is 4.40. The van der Waals surface area contributed by atoms with Crippen LogP contribution < -0.4 is 0 Å². The van der Waals surface area contributed by atoms with Gasteiger partial charge in [0.15, 0.2) is 5.78 Å². The normalized spacial score (nSPS) is 10.6. The zero-order valence-corrected chi connectivity index (χ0v) is 11.9. The minimum atomic E-state index is -0.515. The van der Waals surface area contributed by atoms with Gasteiger partial charge in [-0.1, -0.05) is 54.6 Å². The first-order chi connectivity index (χ1) is 10.7. The van der Waals surface area contributed by atoms with Crippen molar-refractivity contribution in [2.45, 2.75) is 0 Å². The summed E-state index contributed by atoms with van der Waals surface area (Å²) in [4.78, 5) is 23.5. The molecule has 0 spiro atoms. The minimum Gasteiger partial charge on any atom is -0.460 e. The highest BCUT2D eigenvalue weighted by Gasteiger charge is 2.07. The molecule has 4 heteroatoms. The second-order valence-electron chi connectivity index (χ2n) is 4.54. The molecule has 22 heavy (non-hydrogen) atoms. The van der Waals surface area contributed by atoms with Crippen LogP contribution in [0.15, 0.2) is 60.7 Å². The van der Waals surface area contributed by atoms with Crippen molar-refractivity contribution in [3.8, 4) is 0 Å². The maximum atomic E-state index is 12.2. The van der Waals surface area contributed by atoms with E-state index in [1.54, 1.807) is 42.5 Å². The van der Waals surface area contributed by atoms with E-state index < -0.39 is 5.97 Å². The minimum absolute atomic E-state index is 0.0202. The van der Waals surface area contributed by atoms with Gasteiger partial charge >= 0.3 is 5.97 Å². The van der Waals surface area contributed by atoms with E-state index in [-0.39, 0.29) is 19.0 Å². The molecule has 0 unspecified atom stereocenters. The van der Waals surface area contributed by atoms with Crippen molar-refractivity contribution in [2.24, 2.45) is 0 Å². The van der Waals surface area contributed by atoms with E-state index in [1.165, 1.54) is 6.08 Å². The Morgan fingerprint density at radius 1 is 0.955 bits per heavy atom. The molecular weight excluding hydrogens is 280 g/mol. The summed E-state index contributed by atoms with van der Waals surface area (Å²) >= 11 is 0. The van der Waals surface area contributed by atoms with E-state index in [4.69, 9.17) is 9.84 Å². The molecule has 0 bridgehead atoms. The summed E-state index contributed by atoms with van der Waals surface area (Å²) in [6.45, 7) is -0.219. The quantitative estimate of drug-likeness (QED) is 0.505.